The summed E-state index contributed by atoms with van der Waals surface area (Å²) in [5, 5.41) is 3.15. The molecule has 0 saturated carbocycles. The lowest BCUT2D eigenvalue weighted by Gasteiger charge is -2.15. The van der Waals surface area contributed by atoms with Gasteiger partial charge in [0, 0.05) is 6.54 Å². The van der Waals surface area contributed by atoms with Crippen molar-refractivity contribution in [3.63, 3.8) is 0 Å². The van der Waals surface area contributed by atoms with Crippen LogP contribution in [0.25, 0.3) is 5.57 Å². The maximum atomic E-state index is 12.1. The predicted octanol–water partition coefficient (Wildman–Crippen LogP) is 3.38. The summed E-state index contributed by atoms with van der Waals surface area (Å²) < 4.78 is 40.1. The van der Waals surface area contributed by atoms with Crippen molar-refractivity contribution in [2.75, 3.05) is 13.1 Å². The van der Waals surface area contributed by atoms with Gasteiger partial charge in [0.1, 0.15) is 5.75 Å². The van der Waals surface area contributed by atoms with E-state index in [4.69, 9.17) is 0 Å². The van der Waals surface area contributed by atoms with Crippen LogP contribution in [-0.2, 0) is 0 Å². The topological polar surface area (TPSA) is 21.3 Å². The summed E-state index contributed by atoms with van der Waals surface area (Å²) in [6.45, 7) is 1.59. The molecule has 1 heterocycles. The molecule has 0 spiro atoms. The molecule has 100 valence electrons. The first-order valence-electron chi connectivity index (χ1n) is 5.30. The number of rotatable bonds is 2. The van der Waals surface area contributed by atoms with E-state index < -0.39 is 6.36 Å². The second-order valence-electron chi connectivity index (χ2n) is 3.76. The molecule has 0 aromatic heterocycles. The van der Waals surface area contributed by atoms with Gasteiger partial charge in [-0.3, -0.25) is 0 Å². The summed E-state index contributed by atoms with van der Waals surface area (Å²) in [5.74, 6) is -0.172. The maximum absolute atomic E-state index is 12.1. The van der Waals surface area contributed by atoms with E-state index in [2.05, 4.69) is 10.1 Å². The minimum Gasteiger partial charge on any atom is -0.406 e. The Kier molecular flexibility index (Phi) is 5.04. The van der Waals surface area contributed by atoms with Gasteiger partial charge < -0.3 is 10.1 Å². The largest absolute Gasteiger partial charge is 0.573 e. The quantitative estimate of drug-likeness (QED) is 0.896. The van der Waals surface area contributed by atoms with Crippen LogP contribution in [0.4, 0.5) is 13.2 Å². The molecule has 0 radical (unpaired) electrons. The third-order valence-corrected chi connectivity index (χ3v) is 2.50. The second-order valence-corrected chi connectivity index (χ2v) is 3.76. The van der Waals surface area contributed by atoms with Crippen molar-refractivity contribution in [1.29, 1.82) is 0 Å². The van der Waals surface area contributed by atoms with Gasteiger partial charge in [0.05, 0.1) is 0 Å². The molecule has 0 bridgehead atoms. The van der Waals surface area contributed by atoms with Crippen molar-refractivity contribution in [2.45, 2.75) is 12.8 Å². The molecule has 0 unspecified atom stereocenters. The fourth-order valence-electron chi connectivity index (χ4n) is 1.78. The molecule has 0 amide bonds. The van der Waals surface area contributed by atoms with Gasteiger partial charge in [-0.1, -0.05) is 18.2 Å². The molecular weight excluding hydrogens is 267 g/mol. The van der Waals surface area contributed by atoms with Crippen LogP contribution in [0.2, 0.25) is 0 Å². The Morgan fingerprint density at radius 3 is 2.61 bits per heavy atom. The highest BCUT2D eigenvalue weighted by Crippen LogP contribution is 2.27. The summed E-state index contributed by atoms with van der Waals surface area (Å²) in [6, 6.07) is 6.09. The van der Waals surface area contributed by atoms with Gasteiger partial charge >= 0.3 is 6.36 Å². The molecule has 1 aromatic carbocycles. The SMILES string of the molecule is Cl.FC(F)(F)Oc1cccc(C2=CCNCC2)c1. The molecule has 2 rings (SSSR count). The van der Waals surface area contributed by atoms with Gasteiger partial charge in [-0.15, -0.1) is 25.6 Å². The molecular formula is C12H13ClF3NO. The van der Waals surface area contributed by atoms with Crippen molar-refractivity contribution in [3.8, 4) is 5.75 Å². The summed E-state index contributed by atoms with van der Waals surface area (Å²) in [7, 11) is 0. The van der Waals surface area contributed by atoms with Gasteiger partial charge in [-0.25, -0.2) is 0 Å². The van der Waals surface area contributed by atoms with Crippen LogP contribution in [0, 0.1) is 0 Å². The van der Waals surface area contributed by atoms with E-state index >= 15 is 0 Å². The molecule has 0 fully saturated rings. The lowest BCUT2D eigenvalue weighted by molar-refractivity contribution is -0.274. The summed E-state index contributed by atoms with van der Waals surface area (Å²) >= 11 is 0. The van der Waals surface area contributed by atoms with E-state index in [1.165, 1.54) is 12.1 Å². The molecule has 1 aliphatic heterocycles. The van der Waals surface area contributed by atoms with Crippen molar-refractivity contribution in [3.05, 3.63) is 35.9 Å². The highest BCUT2D eigenvalue weighted by Gasteiger charge is 2.31. The van der Waals surface area contributed by atoms with E-state index in [0.717, 1.165) is 30.6 Å². The lowest BCUT2D eigenvalue weighted by atomic mass is 10.0. The predicted molar refractivity (Wildman–Crippen MR) is 65.8 cm³/mol. The van der Waals surface area contributed by atoms with Gasteiger partial charge in [-0.2, -0.15) is 0 Å². The van der Waals surface area contributed by atoms with Crippen LogP contribution < -0.4 is 10.1 Å². The van der Waals surface area contributed by atoms with Crippen LogP contribution in [0.1, 0.15) is 12.0 Å². The Morgan fingerprint density at radius 2 is 2.00 bits per heavy atom. The first kappa shape index (κ1) is 14.9. The van der Waals surface area contributed by atoms with E-state index in [1.807, 2.05) is 6.08 Å². The highest BCUT2D eigenvalue weighted by atomic mass is 35.5. The molecule has 1 aliphatic rings. The average Bonchev–Trinajstić information content (AvgIpc) is 2.28. The van der Waals surface area contributed by atoms with Gasteiger partial charge in [0.2, 0.25) is 0 Å². The maximum Gasteiger partial charge on any atom is 0.573 e. The van der Waals surface area contributed by atoms with Crippen LogP contribution in [0.5, 0.6) is 5.75 Å². The third-order valence-electron chi connectivity index (χ3n) is 2.50. The Bertz CT molecular complexity index is 432. The van der Waals surface area contributed by atoms with Gasteiger partial charge in [0.15, 0.2) is 0 Å². The zero-order valence-electron chi connectivity index (χ0n) is 9.46. The monoisotopic (exact) mass is 279 g/mol. The van der Waals surface area contributed by atoms with Crippen LogP contribution >= 0.6 is 12.4 Å². The number of alkyl halides is 3. The minimum atomic E-state index is -4.64. The number of halogens is 4. The van der Waals surface area contributed by atoms with Crippen molar-refractivity contribution in [2.24, 2.45) is 0 Å². The zero-order valence-corrected chi connectivity index (χ0v) is 10.3. The van der Waals surface area contributed by atoms with Crippen LogP contribution in [-0.4, -0.2) is 19.5 Å². The fraction of sp³-hybridized carbons (Fsp3) is 0.333. The first-order valence-corrected chi connectivity index (χ1v) is 5.30. The van der Waals surface area contributed by atoms with Gasteiger partial charge in [0.25, 0.3) is 0 Å². The van der Waals surface area contributed by atoms with Gasteiger partial charge in [-0.05, 0) is 36.2 Å². The summed E-state index contributed by atoms with van der Waals surface area (Å²) in [4.78, 5) is 0. The first-order chi connectivity index (χ1) is 8.04. The molecule has 18 heavy (non-hydrogen) atoms. The molecule has 1 N–H and O–H groups in total. The number of hydrogen-bond acceptors (Lipinski definition) is 2. The van der Waals surface area contributed by atoms with E-state index in [-0.39, 0.29) is 18.2 Å². The lowest BCUT2D eigenvalue weighted by Crippen LogP contribution is -2.20. The number of ether oxygens (including phenoxy) is 1. The Balaban J connectivity index is 0.00000162. The minimum absolute atomic E-state index is 0. The van der Waals surface area contributed by atoms with Crippen LogP contribution in [0.15, 0.2) is 30.3 Å². The van der Waals surface area contributed by atoms with E-state index in [1.54, 1.807) is 12.1 Å². The van der Waals surface area contributed by atoms with Crippen molar-refractivity contribution < 1.29 is 17.9 Å². The van der Waals surface area contributed by atoms with Crippen molar-refractivity contribution >= 4 is 18.0 Å². The molecule has 0 saturated heterocycles. The van der Waals surface area contributed by atoms with E-state index in [9.17, 15) is 13.2 Å². The van der Waals surface area contributed by atoms with Crippen LogP contribution in [0.3, 0.4) is 0 Å². The fourth-order valence-corrected chi connectivity index (χ4v) is 1.78. The number of benzene rings is 1. The molecule has 1 aromatic rings. The third kappa shape index (κ3) is 4.23. The Hall–Kier alpha value is -1.20. The average molecular weight is 280 g/mol. The van der Waals surface area contributed by atoms with E-state index in [0.29, 0.717) is 0 Å². The Labute approximate surface area is 109 Å². The highest BCUT2D eigenvalue weighted by molar-refractivity contribution is 5.85. The molecule has 0 atom stereocenters. The molecule has 0 aliphatic carbocycles. The number of hydrogen-bond donors (Lipinski definition) is 1. The standard InChI is InChI=1S/C12H12F3NO.ClH/c13-12(14,15)17-11-3-1-2-10(8-11)9-4-6-16-7-5-9;/h1-4,8,16H,5-7H2;1H. The second kappa shape index (κ2) is 6.11. The normalized spacial score (nSPS) is 15.6. The smallest absolute Gasteiger partial charge is 0.406 e. The molecule has 2 nitrogen and oxygen atoms in total. The Morgan fingerprint density at radius 1 is 1.22 bits per heavy atom. The molecule has 6 heteroatoms. The number of nitrogens with one attached hydrogen (secondary N) is 1. The van der Waals surface area contributed by atoms with Crippen molar-refractivity contribution in [1.82, 2.24) is 5.32 Å². The summed E-state index contributed by atoms with van der Waals surface area (Å²) in [6.07, 6.45) is -1.84. The summed E-state index contributed by atoms with van der Waals surface area (Å²) in [5.41, 5.74) is 1.84. The zero-order chi connectivity index (χ0) is 12.3.